The SMILES string of the molecule is COc1cc2nc(N)n3nc([C@H]4CN(c5cnn(CC(C)(O)OC)c5C)CCS4(=O)=O)nc3c2cc1F. The fourth-order valence-corrected chi connectivity index (χ4v) is 6.02. The number of nitrogens with zero attached hydrogens (tertiary/aromatic N) is 7. The van der Waals surface area contributed by atoms with Crippen LogP contribution in [0.15, 0.2) is 18.3 Å². The quantitative estimate of drug-likeness (QED) is 0.337. The first-order valence-corrected chi connectivity index (χ1v) is 13.1. The van der Waals surface area contributed by atoms with Crippen LogP contribution in [0.5, 0.6) is 5.75 Å². The summed E-state index contributed by atoms with van der Waals surface area (Å²) in [6, 6.07) is 2.61. The maximum atomic E-state index is 14.5. The second-order valence-corrected chi connectivity index (χ2v) is 11.4. The largest absolute Gasteiger partial charge is 0.494 e. The maximum Gasteiger partial charge on any atom is 0.223 e. The van der Waals surface area contributed by atoms with Crippen molar-refractivity contribution >= 4 is 38.0 Å². The summed E-state index contributed by atoms with van der Waals surface area (Å²) in [6.45, 7) is 3.77. The molecule has 1 aliphatic heterocycles. The summed E-state index contributed by atoms with van der Waals surface area (Å²) in [7, 11) is -0.871. The Kier molecular flexibility index (Phi) is 5.96. The van der Waals surface area contributed by atoms with Crippen LogP contribution in [0, 0.1) is 12.7 Å². The molecule has 0 radical (unpaired) electrons. The molecule has 3 N–H and O–H groups in total. The van der Waals surface area contributed by atoms with Gasteiger partial charge in [-0.05, 0) is 19.9 Å². The predicted octanol–water partition coefficient (Wildman–Crippen LogP) is 0.843. The molecule has 1 fully saturated rings. The zero-order valence-corrected chi connectivity index (χ0v) is 21.5. The van der Waals surface area contributed by atoms with Crippen molar-refractivity contribution in [2.24, 2.45) is 0 Å². The highest BCUT2D eigenvalue weighted by atomic mass is 32.2. The summed E-state index contributed by atoms with van der Waals surface area (Å²) >= 11 is 0. The van der Waals surface area contributed by atoms with Crippen LogP contribution in [0.1, 0.15) is 23.7 Å². The molecule has 1 saturated heterocycles. The smallest absolute Gasteiger partial charge is 0.223 e. The van der Waals surface area contributed by atoms with Crippen LogP contribution in [0.2, 0.25) is 0 Å². The van der Waals surface area contributed by atoms with E-state index in [2.05, 4.69) is 20.2 Å². The molecule has 1 aromatic carbocycles. The lowest BCUT2D eigenvalue weighted by atomic mass is 10.2. The fraction of sp³-hybridized carbons (Fsp3) is 0.455. The van der Waals surface area contributed by atoms with Gasteiger partial charge in [0.15, 0.2) is 38.7 Å². The zero-order valence-electron chi connectivity index (χ0n) is 20.7. The average molecular weight is 535 g/mol. The van der Waals surface area contributed by atoms with Gasteiger partial charge in [-0.3, -0.25) is 4.68 Å². The van der Waals surface area contributed by atoms with Crippen LogP contribution in [-0.2, 0) is 21.1 Å². The fourth-order valence-electron chi connectivity index (χ4n) is 4.43. The summed E-state index contributed by atoms with van der Waals surface area (Å²) in [6.07, 6.45) is 1.62. The highest BCUT2D eigenvalue weighted by molar-refractivity contribution is 7.91. The first kappa shape index (κ1) is 25.1. The summed E-state index contributed by atoms with van der Waals surface area (Å²) in [5, 5.41) is 18.2. The van der Waals surface area contributed by atoms with Gasteiger partial charge < -0.3 is 25.2 Å². The maximum absolute atomic E-state index is 14.5. The summed E-state index contributed by atoms with van der Waals surface area (Å²) < 4.78 is 53.6. The average Bonchev–Trinajstić information content (AvgIpc) is 3.44. The van der Waals surface area contributed by atoms with E-state index in [1.807, 2.05) is 11.8 Å². The van der Waals surface area contributed by atoms with E-state index >= 15 is 0 Å². The van der Waals surface area contributed by atoms with Gasteiger partial charge in [0.1, 0.15) is 5.25 Å². The van der Waals surface area contributed by atoms with Gasteiger partial charge in [-0.25, -0.2) is 22.8 Å². The van der Waals surface area contributed by atoms with Crippen molar-refractivity contribution in [2.75, 3.05) is 43.7 Å². The number of fused-ring (bicyclic) bond motifs is 3. The van der Waals surface area contributed by atoms with Crippen molar-refractivity contribution in [3.8, 4) is 5.75 Å². The molecule has 4 aromatic rings. The Balaban J connectivity index is 1.54. The van der Waals surface area contributed by atoms with Gasteiger partial charge >= 0.3 is 0 Å². The molecule has 5 rings (SSSR count). The number of anilines is 2. The summed E-state index contributed by atoms with van der Waals surface area (Å²) in [5.41, 5.74) is 8.07. The Hall–Kier alpha value is -3.56. The highest BCUT2D eigenvalue weighted by Crippen LogP contribution is 2.33. The first-order valence-electron chi connectivity index (χ1n) is 11.4. The van der Waals surface area contributed by atoms with Gasteiger partial charge in [0.25, 0.3) is 0 Å². The van der Waals surface area contributed by atoms with Crippen LogP contribution in [0.4, 0.5) is 16.0 Å². The molecule has 0 spiro atoms. The molecule has 13 nitrogen and oxygen atoms in total. The summed E-state index contributed by atoms with van der Waals surface area (Å²) in [5.74, 6) is -2.16. The molecule has 1 aliphatic rings. The van der Waals surface area contributed by atoms with Gasteiger partial charge in [0, 0.05) is 31.7 Å². The Labute approximate surface area is 211 Å². The van der Waals surface area contributed by atoms with Gasteiger partial charge in [-0.2, -0.15) is 9.61 Å². The Morgan fingerprint density at radius 2 is 2.05 bits per heavy atom. The molecule has 2 atom stereocenters. The van der Waals surface area contributed by atoms with E-state index in [0.29, 0.717) is 10.9 Å². The lowest BCUT2D eigenvalue weighted by Crippen LogP contribution is -2.43. The van der Waals surface area contributed by atoms with Crippen molar-refractivity contribution in [1.82, 2.24) is 29.4 Å². The van der Waals surface area contributed by atoms with E-state index in [1.54, 1.807) is 10.9 Å². The molecular weight excluding hydrogens is 507 g/mol. The molecule has 0 aliphatic carbocycles. The minimum absolute atomic E-state index is 0.00285. The van der Waals surface area contributed by atoms with Crippen LogP contribution in [-0.4, -0.2) is 81.7 Å². The highest BCUT2D eigenvalue weighted by Gasteiger charge is 2.38. The van der Waals surface area contributed by atoms with Crippen molar-refractivity contribution in [2.45, 2.75) is 31.4 Å². The Morgan fingerprint density at radius 1 is 1.30 bits per heavy atom. The number of ether oxygens (including phenoxy) is 2. The van der Waals surface area contributed by atoms with E-state index in [1.165, 1.54) is 37.8 Å². The van der Waals surface area contributed by atoms with Gasteiger partial charge in [0.05, 0.1) is 42.5 Å². The van der Waals surface area contributed by atoms with E-state index in [9.17, 15) is 17.9 Å². The van der Waals surface area contributed by atoms with Crippen LogP contribution in [0.25, 0.3) is 16.6 Å². The number of nitrogens with two attached hydrogens (primary N) is 1. The zero-order chi connectivity index (χ0) is 26.7. The number of hydrogen-bond donors (Lipinski definition) is 2. The monoisotopic (exact) mass is 534 g/mol. The first-order chi connectivity index (χ1) is 17.4. The van der Waals surface area contributed by atoms with E-state index in [4.69, 9.17) is 15.2 Å². The van der Waals surface area contributed by atoms with Crippen LogP contribution >= 0.6 is 0 Å². The van der Waals surface area contributed by atoms with Crippen molar-refractivity contribution in [3.05, 3.63) is 35.7 Å². The number of sulfone groups is 1. The summed E-state index contributed by atoms with van der Waals surface area (Å²) in [4.78, 5) is 10.6. The molecule has 0 saturated carbocycles. The molecule has 198 valence electrons. The topological polar surface area (TPSA) is 163 Å². The van der Waals surface area contributed by atoms with Gasteiger partial charge in [-0.15, -0.1) is 5.10 Å². The van der Waals surface area contributed by atoms with Crippen molar-refractivity contribution in [1.29, 1.82) is 0 Å². The number of aromatic nitrogens is 6. The molecule has 3 aromatic heterocycles. The molecule has 15 heteroatoms. The van der Waals surface area contributed by atoms with E-state index in [-0.39, 0.29) is 48.6 Å². The minimum atomic E-state index is -3.61. The predicted molar refractivity (Wildman–Crippen MR) is 133 cm³/mol. The molecule has 0 bridgehead atoms. The van der Waals surface area contributed by atoms with E-state index in [0.717, 1.165) is 11.4 Å². The third kappa shape index (κ3) is 4.32. The molecule has 1 unspecified atom stereocenters. The van der Waals surface area contributed by atoms with Crippen molar-refractivity contribution < 1.29 is 27.4 Å². The number of benzene rings is 1. The normalized spacial score (nSPS) is 19.4. The second-order valence-electron chi connectivity index (χ2n) is 9.13. The van der Waals surface area contributed by atoms with Crippen molar-refractivity contribution in [3.63, 3.8) is 0 Å². The molecule has 4 heterocycles. The second kappa shape index (κ2) is 8.78. The third-order valence-corrected chi connectivity index (χ3v) is 8.62. The number of aliphatic hydroxyl groups is 1. The number of halogens is 1. The molecule has 0 amide bonds. The van der Waals surface area contributed by atoms with E-state index < -0.39 is 26.7 Å². The number of rotatable bonds is 6. The third-order valence-electron chi connectivity index (χ3n) is 6.64. The molecular formula is C22H27FN8O5S. The molecule has 37 heavy (non-hydrogen) atoms. The van der Waals surface area contributed by atoms with Crippen LogP contribution < -0.4 is 15.4 Å². The van der Waals surface area contributed by atoms with Gasteiger partial charge in [-0.1, -0.05) is 0 Å². The Bertz CT molecular complexity index is 1620. The number of methoxy groups -OCH3 is 2. The number of hydrogen-bond acceptors (Lipinski definition) is 11. The lowest BCUT2D eigenvalue weighted by molar-refractivity contribution is -0.181. The number of nitrogen functional groups attached to an aromatic ring is 1. The lowest BCUT2D eigenvalue weighted by Gasteiger charge is -2.32. The Morgan fingerprint density at radius 3 is 2.76 bits per heavy atom. The minimum Gasteiger partial charge on any atom is -0.494 e. The van der Waals surface area contributed by atoms with Gasteiger partial charge in [0.2, 0.25) is 5.95 Å². The van der Waals surface area contributed by atoms with Crippen LogP contribution in [0.3, 0.4) is 0 Å². The standard InChI is InChI=1S/C22H27FN8O5S/c1-12-16(9-25-30(12)11-22(2,32)36-4)29-5-6-37(33,34)18(10-29)19-27-20-13-7-14(23)17(35-3)8-15(13)26-21(24)31(20)28-19/h7-9,18,32H,5-6,10-11H2,1-4H3,(H2,24,26)/t18-,22?/m1/s1.